The van der Waals surface area contributed by atoms with Gasteiger partial charge in [-0.1, -0.05) is 31.0 Å². The molecule has 21 heavy (non-hydrogen) atoms. The molecule has 2 atom stereocenters. The largest absolute Gasteiger partial charge is 0.396 e. The van der Waals surface area contributed by atoms with Gasteiger partial charge in [0.15, 0.2) is 0 Å². The van der Waals surface area contributed by atoms with Gasteiger partial charge in [-0.3, -0.25) is 4.79 Å². The number of rotatable bonds is 6. The van der Waals surface area contributed by atoms with Gasteiger partial charge < -0.3 is 15.7 Å². The van der Waals surface area contributed by atoms with Crippen LogP contribution < -0.4 is 10.6 Å². The Morgan fingerprint density at radius 1 is 1.29 bits per heavy atom. The summed E-state index contributed by atoms with van der Waals surface area (Å²) in [6.45, 7) is 2.90. The lowest BCUT2D eigenvalue weighted by Crippen LogP contribution is -2.41. The van der Waals surface area contributed by atoms with Gasteiger partial charge in [0.05, 0.1) is 0 Å². The van der Waals surface area contributed by atoms with Crippen molar-refractivity contribution in [3.05, 3.63) is 29.8 Å². The number of carbonyl (C=O) groups is 1. The van der Waals surface area contributed by atoms with E-state index in [1.54, 1.807) is 0 Å². The summed E-state index contributed by atoms with van der Waals surface area (Å²) in [5.41, 5.74) is 1.96. The van der Waals surface area contributed by atoms with E-state index in [4.69, 9.17) is 0 Å². The monoisotopic (exact) mass is 290 g/mol. The summed E-state index contributed by atoms with van der Waals surface area (Å²) in [6, 6.07) is 8.15. The van der Waals surface area contributed by atoms with Crippen molar-refractivity contribution in [2.75, 3.05) is 18.5 Å². The Morgan fingerprint density at radius 2 is 2.05 bits per heavy atom. The van der Waals surface area contributed by atoms with Crippen LogP contribution in [0.1, 0.15) is 37.7 Å². The lowest BCUT2D eigenvalue weighted by Gasteiger charge is -2.31. The number of amides is 1. The molecule has 1 aromatic carbocycles. The third-order valence-electron chi connectivity index (χ3n) is 4.32. The van der Waals surface area contributed by atoms with Gasteiger partial charge in [0.1, 0.15) is 0 Å². The Balaban J connectivity index is 1.73. The summed E-state index contributed by atoms with van der Waals surface area (Å²) in [5, 5.41) is 15.8. The summed E-state index contributed by atoms with van der Waals surface area (Å²) in [4.78, 5) is 12.0. The molecule has 4 nitrogen and oxygen atoms in total. The van der Waals surface area contributed by atoms with Crippen LogP contribution in [0.5, 0.6) is 0 Å². The molecule has 2 rings (SSSR count). The number of aliphatic hydroxyl groups is 1. The number of hydrogen-bond donors (Lipinski definition) is 3. The average molecular weight is 290 g/mol. The molecule has 0 heterocycles. The van der Waals surface area contributed by atoms with Gasteiger partial charge in [0.25, 0.3) is 0 Å². The average Bonchev–Trinajstić information content (AvgIpc) is 2.50. The van der Waals surface area contributed by atoms with Crippen molar-refractivity contribution < 1.29 is 9.90 Å². The second-order valence-electron chi connectivity index (χ2n) is 5.90. The molecule has 1 aliphatic carbocycles. The van der Waals surface area contributed by atoms with Crippen LogP contribution in [-0.2, 0) is 4.79 Å². The zero-order valence-corrected chi connectivity index (χ0v) is 12.8. The van der Waals surface area contributed by atoms with Gasteiger partial charge >= 0.3 is 0 Å². The standard InChI is InChI=1S/C17H26N2O2/c1-13-6-2-4-8-15(13)19-17(21)10-11-18-16-9-5-3-7-14(16)12-20/h2,4,6,8,14,16,18,20H,3,5,7,9-12H2,1H3,(H,19,21)/t14-,16-/m0/s1. The van der Waals surface area contributed by atoms with E-state index in [0.29, 0.717) is 24.9 Å². The molecule has 0 aliphatic heterocycles. The minimum atomic E-state index is 0.0353. The van der Waals surface area contributed by atoms with E-state index in [1.165, 1.54) is 12.8 Å². The zero-order chi connectivity index (χ0) is 15.1. The van der Waals surface area contributed by atoms with E-state index in [0.717, 1.165) is 24.1 Å². The molecule has 4 heteroatoms. The Kier molecular flexibility index (Phi) is 6.21. The Morgan fingerprint density at radius 3 is 2.81 bits per heavy atom. The summed E-state index contributed by atoms with van der Waals surface area (Å²) in [7, 11) is 0. The predicted molar refractivity (Wildman–Crippen MR) is 85.3 cm³/mol. The Bertz CT molecular complexity index is 462. The lowest BCUT2D eigenvalue weighted by atomic mass is 9.85. The first-order valence-electron chi connectivity index (χ1n) is 7.90. The number of benzene rings is 1. The second kappa shape index (κ2) is 8.15. The van der Waals surface area contributed by atoms with Crippen LogP contribution >= 0.6 is 0 Å². The number of aliphatic hydroxyl groups excluding tert-OH is 1. The van der Waals surface area contributed by atoms with E-state index < -0.39 is 0 Å². The predicted octanol–water partition coefficient (Wildman–Crippen LogP) is 2.46. The summed E-state index contributed by atoms with van der Waals surface area (Å²) >= 11 is 0. The fraction of sp³-hybridized carbons (Fsp3) is 0.588. The molecule has 1 saturated carbocycles. The van der Waals surface area contributed by atoms with Crippen LogP contribution in [0.2, 0.25) is 0 Å². The Hall–Kier alpha value is -1.39. The van der Waals surface area contributed by atoms with Crippen molar-refractivity contribution in [3.63, 3.8) is 0 Å². The van der Waals surface area contributed by atoms with Crippen molar-refractivity contribution in [2.45, 2.75) is 45.1 Å². The highest BCUT2D eigenvalue weighted by Gasteiger charge is 2.23. The highest BCUT2D eigenvalue weighted by atomic mass is 16.3. The van der Waals surface area contributed by atoms with Gasteiger partial charge in [0.2, 0.25) is 5.91 Å². The van der Waals surface area contributed by atoms with Crippen molar-refractivity contribution in [1.29, 1.82) is 0 Å². The molecule has 0 radical (unpaired) electrons. The zero-order valence-electron chi connectivity index (χ0n) is 12.8. The molecular weight excluding hydrogens is 264 g/mol. The maximum absolute atomic E-state index is 12.0. The van der Waals surface area contributed by atoms with Crippen molar-refractivity contribution in [1.82, 2.24) is 5.32 Å². The topological polar surface area (TPSA) is 61.4 Å². The van der Waals surface area contributed by atoms with E-state index >= 15 is 0 Å². The summed E-state index contributed by atoms with van der Waals surface area (Å²) in [6.07, 6.45) is 5.07. The normalized spacial score (nSPS) is 22.0. The first-order valence-corrected chi connectivity index (χ1v) is 7.90. The number of nitrogens with one attached hydrogen (secondary N) is 2. The van der Waals surface area contributed by atoms with Gasteiger partial charge in [-0.2, -0.15) is 0 Å². The van der Waals surface area contributed by atoms with Crippen LogP contribution in [0.25, 0.3) is 0 Å². The van der Waals surface area contributed by atoms with E-state index in [1.807, 2.05) is 31.2 Å². The number of anilines is 1. The third kappa shape index (κ3) is 4.83. The van der Waals surface area contributed by atoms with Crippen molar-refractivity contribution in [2.24, 2.45) is 5.92 Å². The molecule has 1 amide bonds. The van der Waals surface area contributed by atoms with E-state index in [-0.39, 0.29) is 12.5 Å². The smallest absolute Gasteiger partial charge is 0.225 e. The van der Waals surface area contributed by atoms with Crippen LogP contribution in [0.3, 0.4) is 0 Å². The van der Waals surface area contributed by atoms with Crippen molar-refractivity contribution in [3.8, 4) is 0 Å². The fourth-order valence-electron chi connectivity index (χ4n) is 2.99. The highest BCUT2D eigenvalue weighted by molar-refractivity contribution is 5.91. The maximum Gasteiger partial charge on any atom is 0.225 e. The van der Waals surface area contributed by atoms with Crippen LogP contribution in [-0.4, -0.2) is 30.2 Å². The first kappa shape index (κ1) is 16.0. The molecule has 0 saturated heterocycles. The highest BCUT2D eigenvalue weighted by Crippen LogP contribution is 2.23. The maximum atomic E-state index is 12.0. The molecule has 116 valence electrons. The SMILES string of the molecule is Cc1ccccc1NC(=O)CCN[C@H]1CCCC[C@H]1CO. The molecule has 1 fully saturated rings. The third-order valence-corrected chi connectivity index (χ3v) is 4.32. The minimum Gasteiger partial charge on any atom is -0.396 e. The molecule has 3 N–H and O–H groups in total. The quantitative estimate of drug-likeness (QED) is 0.754. The van der Waals surface area contributed by atoms with Gasteiger partial charge in [-0.15, -0.1) is 0 Å². The summed E-state index contributed by atoms with van der Waals surface area (Å²) < 4.78 is 0. The molecular formula is C17H26N2O2. The number of hydrogen-bond acceptors (Lipinski definition) is 3. The van der Waals surface area contributed by atoms with Gasteiger partial charge in [-0.05, 0) is 37.3 Å². The molecule has 0 bridgehead atoms. The number of aryl methyl sites for hydroxylation is 1. The van der Waals surface area contributed by atoms with Gasteiger partial charge in [-0.25, -0.2) is 0 Å². The van der Waals surface area contributed by atoms with E-state index in [2.05, 4.69) is 10.6 Å². The second-order valence-corrected chi connectivity index (χ2v) is 5.90. The molecule has 0 spiro atoms. The van der Waals surface area contributed by atoms with Crippen LogP contribution in [0.15, 0.2) is 24.3 Å². The number of carbonyl (C=O) groups excluding carboxylic acids is 1. The molecule has 0 aromatic heterocycles. The summed E-state index contributed by atoms with van der Waals surface area (Å²) in [5.74, 6) is 0.381. The van der Waals surface area contributed by atoms with Gasteiger partial charge in [0, 0.05) is 31.3 Å². The minimum absolute atomic E-state index is 0.0353. The fourth-order valence-corrected chi connectivity index (χ4v) is 2.99. The Labute approximate surface area is 126 Å². The van der Waals surface area contributed by atoms with E-state index in [9.17, 15) is 9.90 Å². The lowest BCUT2D eigenvalue weighted by molar-refractivity contribution is -0.116. The first-order chi connectivity index (χ1) is 10.2. The molecule has 1 aliphatic rings. The molecule has 1 aromatic rings. The van der Waals surface area contributed by atoms with Crippen LogP contribution in [0, 0.1) is 12.8 Å². The van der Waals surface area contributed by atoms with Crippen molar-refractivity contribution >= 4 is 11.6 Å². The number of para-hydroxylation sites is 1. The van der Waals surface area contributed by atoms with Crippen LogP contribution in [0.4, 0.5) is 5.69 Å². The molecule has 0 unspecified atom stereocenters.